The second-order valence-electron chi connectivity index (χ2n) is 17.5. The number of allylic oxidation sites excluding steroid dienone is 4. The van der Waals surface area contributed by atoms with Gasteiger partial charge < -0.3 is 5.32 Å². The molecule has 60 heavy (non-hydrogen) atoms. The number of fused-ring (bicyclic) bond motifs is 13. The van der Waals surface area contributed by atoms with Gasteiger partial charge in [-0.3, -0.25) is 9.98 Å². The Bertz CT molecular complexity index is 3050. The van der Waals surface area contributed by atoms with Crippen LogP contribution in [-0.4, -0.2) is 12.4 Å². The molecule has 12 rings (SSSR count). The molecular weight excluding hydrogens is 747 g/mol. The van der Waals surface area contributed by atoms with Crippen molar-refractivity contribution in [1.82, 2.24) is 0 Å². The average Bonchev–Trinajstić information content (AvgIpc) is 3.82. The van der Waals surface area contributed by atoms with E-state index in [0.29, 0.717) is 0 Å². The zero-order valence-corrected chi connectivity index (χ0v) is 34.8. The molecule has 6 aromatic carbocycles. The molecule has 1 spiro atoms. The van der Waals surface area contributed by atoms with Gasteiger partial charge in [0.25, 0.3) is 0 Å². The Kier molecular flexibility index (Phi) is 7.90. The number of hydrogen-bond donors (Lipinski definition) is 1. The van der Waals surface area contributed by atoms with E-state index >= 15 is 0 Å². The first kappa shape index (κ1) is 35.6. The Hall–Kier alpha value is -6.36. The van der Waals surface area contributed by atoms with E-state index in [2.05, 4.69) is 184 Å². The fourth-order valence-electron chi connectivity index (χ4n) is 11.3. The van der Waals surface area contributed by atoms with Crippen LogP contribution in [0.25, 0.3) is 28.0 Å². The highest BCUT2D eigenvalue weighted by atomic mass is 32.1. The molecule has 5 aliphatic rings. The number of hydrogen-bond acceptors (Lipinski definition) is 4. The summed E-state index contributed by atoms with van der Waals surface area (Å²) in [5.74, 6) is 0. The van der Waals surface area contributed by atoms with Crippen molar-refractivity contribution in [2.75, 3.05) is 5.32 Å². The van der Waals surface area contributed by atoms with Crippen LogP contribution in [0.3, 0.4) is 0 Å². The molecule has 0 saturated heterocycles. The summed E-state index contributed by atoms with van der Waals surface area (Å²) in [5, 5.41) is 6.50. The predicted octanol–water partition coefficient (Wildman–Crippen LogP) is 13.8. The Balaban J connectivity index is 1.12. The van der Waals surface area contributed by atoms with E-state index in [9.17, 15) is 0 Å². The smallest absolute Gasteiger partial charge is 0.145 e. The molecule has 4 aliphatic carbocycles. The first-order valence-electron chi connectivity index (χ1n) is 21.4. The van der Waals surface area contributed by atoms with Crippen LogP contribution >= 0.6 is 11.3 Å². The number of nitrogens with zero attached hydrogens (tertiary/aromatic N) is 2. The molecular formula is C56H45N3S. The van der Waals surface area contributed by atoms with Crippen molar-refractivity contribution >= 4 is 46.3 Å². The van der Waals surface area contributed by atoms with E-state index in [1.165, 1.54) is 87.4 Å². The number of benzene rings is 6. The van der Waals surface area contributed by atoms with E-state index in [0.717, 1.165) is 42.5 Å². The Morgan fingerprint density at radius 3 is 2.23 bits per heavy atom. The minimum Gasteiger partial charge on any atom is -0.359 e. The van der Waals surface area contributed by atoms with Crippen LogP contribution in [0.4, 0.5) is 5.69 Å². The quantitative estimate of drug-likeness (QED) is 0.173. The molecule has 3 nitrogen and oxygen atoms in total. The Morgan fingerprint density at radius 1 is 0.733 bits per heavy atom. The first-order valence-corrected chi connectivity index (χ1v) is 22.2. The minimum absolute atomic E-state index is 0.152. The minimum atomic E-state index is -0.514. The fourth-order valence-corrected chi connectivity index (χ4v) is 12.6. The van der Waals surface area contributed by atoms with Crippen molar-refractivity contribution < 1.29 is 0 Å². The van der Waals surface area contributed by atoms with Crippen molar-refractivity contribution in [1.29, 1.82) is 0 Å². The molecule has 2 atom stereocenters. The maximum absolute atomic E-state index is 5.68. The third-order valence-electron chi connectivity index (χ3n) is 14.1. The lowest BCUT2D eigenvalue weighted by molar-refractivity contribution is 0.563. The van der Waals surface area contributed by atoms with Gasteiger partial charge in [-0.25, -0.2) is 0 Å². The van der Waals surface area contributed by atoms with E-state index < -0.39 is 5.41 Å². The second-order valence-corrected chi connectivity index (χ2v) is 18.6. The van der Waals surface area contributed by atoms with Gasteiger partial charge in [-0.2, -0.15) is 0 Å². The highest BCUT2D eigenvalue weighted by molar-refractivity contribution is 7.16. The van der Waals surface area contributed by atoms with Gasteiger partial charge >= 0.3 is 0 Å². The molecule has 0 fully saturated rings. The lowest BCUT2D eigenvalue weighted by atomic mass is 9.55. The summed E-state index contributed by atoms with van der Waals surface area (Å²) in [4.78, 5) is 13.2. The predicted molar refractivity (Wildman–Crippen MR) is 252 cm³/mol. The van der Waals surface area contributed by atoms with Crippen molar-refractivity contribution in [3.63, 3.8) is 0 Å². The topological polar surface area (TPSA) is 36.8 Å². The molecule has 0 radical (unpaired) electrons. The van der Waals surface area contributed by atoms with Gasteiger partial charge in [0.05, 0.1) is 27.7 Å². The SMILES string of the molecule is C=NC(C1=CC=CCC1)c1cccc2c1-c1cc(C3N=C(c4ccc5ccccc5c4)c4sc5c(c4N3)CCC=C5)ccc1C21c2ccccc2C(C)(C)c2ccccc21. The third kappa shape index (κ3) is 4.95. The van der Waals surface area contributed by atoms with Gasteiger partial charge in [0.15, 0.2) is 0 Å². The molecule has 1 aliphatic heterocycles. The highest BCUT2D eigenvalue weighted by Crippen LogP contribution is 2.63. The van der Waals surface area contributed by atoms with Crippen LogP contribution in [0.1, 0.15) is 111 Å². The lowest BCUT2D eigenvalue weighted by Gasteiger charge is -2.46. The summed E-state index contributed by atoms with van der Waals surface area (Å²) in [6.07, 6.45) is 15.1. The Morgan fingerprint density at radius 2 is 1.47 bits per heavy atom. The van der Waals surface area contributed by atoms with Crippen LogP contribution in [-0.2, 0) is 17.3 Å². The molecule has 0 amide bonds. The summed E-state index contributed by atoms with van der Waals surface area (Å²) >= 11 is 1.87. The second kappa shape index (κ2) is 13.3. The Labute approximate surface area is 356 Å². The van der Waals surface area contributed by atoms with Crippen LogP contribution in [0.5, 0.6) is 0 Å². The van der Waals surface area contributed by atoms with Crippen LogP contribution in [0.2, 0.25) is 0 Å². The van der Waals surface area contributed by atoms with Gasteiger partial charge in [0, 0.05) is 15.9 Å². The average molecular weight is 792 g/mol. The van der Waals surface area contributed by atoms with Gasteiger partial charge in [-0.15, -0.1) is 11.3 Å². The van der Waals surface area contributed by atoms with Gasteiger partial charge in [0.1, 0.15) is 6.17 Å². The van der Waals surface area contributed by atoms with Gasteiger partial charge in [0.2, 0.25) is 0 Å². The molecule has 290 valence electrons. The third-order valence-corrected chi connectivity index (χ3v) is 15.3. The molecule has 1 N–H and O–H groups in total. The van der Waals surface area contributed by atoms with Crippen LogP contribution in [0, 0.1) is 0 Å². The maximum Gasteiger partial charge on any atom is 0.145 e. The van der Waals surface area contributed by atoms with E-state index in [4.69, 9.17) is 9.98 Å². The zero-order chi connectivity index (χ0) is 40.2. The molecule has 0 saturated carbocycles. The first-order chi connectivity index (χ1) is 29.5. The number of anilines is 1. The fraction of sp³-hybridized carbons (Fsp3) is 0.179. The highest BCUT2D eigenvalue weighted by Gasteiger charge is 2.54. The van der Waals surface area contributed by atoms with Gasteiger partial charge in [-0.05, 0) is 128 Å². The summed E-state index contributed by atoms with van der Waals surface area (Å²) < 4.78 is 0. The molecule has 7 aromatic rings. The molecule has 0 bridgehead atoms. The van der Waals surface area contributed by atoms with E-state index in [-0.39, 0.29) is 17.6 Å². The molecule has 1 aromatic heterocycles. The number of nitrogens with one attached hydrogen (secondary N) is 1. The lowest BCUT2D eigenvalue weighted by Crippen LogP contribution is -2.40. The number of thiophene rings is 1. The van der Waals surface area contributed by atoms with Crippen LogP contribution in [0.15, 0.2) is 167 Å². The zero-order valence-electron chi connectivity index (χ0n) is 34.0. The normalized spacial score (nSPS) is 18.9. The van der Waals surface area contributed by atoms with Gasteiger partial charge in [-0.1, -0.05) is 153 Å². The molecule has 2 unspecified atom stereocenters. The number of aliphatic imine (C=N–C) groups is 2. The number of rotatable bonds is 5. The summed E-state index contributed by atoms with van der Waals surface area (Å²) in [6.45, 7) is 9.02. The summed E-state index contributed by atoms with van der Waals surface area (Å²) in [5.41, 5.74) is 18.5. The molecule has 2 heterocycles. The summed E-state index contributed by atoms with van der Waals surface area (Å²) in [7, 11) is 0. The van der Waals surface area contributed by atoms with Crippen LogP contribution < -0.4 is 5.32 Å². The van der Waals surface area contributed by atoms with Crippen molar-refractivity contribution in [3.05, 3.63) is 223 Å². The van der Waals surface area contributed by atoms with Crippen molar-refractivity contribution in [3.8, 4) is 11.1 Å². The monoisotopic (exact) mass is 791 g/mol. The largest absolute Gasteiger partial charge is 0.359 e. The van der Waals surface area contributed by atoms with E-state index in [1.54, 1.807) is 0 Å². The van der Waals surface area contributed by atoms with Crippen molar-refractivity contribution in [2.24, 2.45) is 9.98 Å². The van der Waals surface area contributed by atoms with Crippen molar-refractivity contribution in [2.45, 2.75) is 62.6 Å². The van der Waals surface area contributed by atoms with E-state index in [1.807, 2.05) is 11.3 Å². The summed E-state index contributed by atoms with van der Waals surface area (Å²) in [6, 6.07) is 47.9. The molecule has 4 heteroatoms. The maximum atomic E-state index is 5.68. The standard InChI is InChI=1S/C56H45N3S/c1-55(2)43-22-10-12-24-45(43)56(46-25-13-11-23-44(46)55)42-31-30-38(33-41(42)49-40(21-15-26-47(49)56)50(57-3)35-17-5-4-6-18-35)54-58-51(37-29-28-34-16-7-8-19-36(34)32-37)53-52(59-54)39-20-9-14-27-48(39)60-53/h4-5,7-8,10-17,19,21-33,50,54,59H,3,6,9,18,20H2,1-2H3.